The maximum atomic E-state index is 15.9. The third-order valence-electron chi connectivity index (χ3n) is 5.72. The number of rotatable bonds is 6. The smallest absolute Gasteiger partial charge is 0.338 e. The summed E-state index contributed by atoms with van der Waals surface area (Å²) in [6.45, 7) is 5.48. The largest absolute Gasteiger partial charge is 0.459 e. The van der Waals surface area contributed by atoms with Crippen LogP contribution in [0.15, 0.2) is 76.4 Å². The van der Waals surface area contributed by atoms with Gasteiger partial charge in [-0.2, -0.15) is 0 Å². The number of esters is 2. The van der Waals surface area contributed by atoms with E-state index in [0.29, 0.717) is 0 Å². The number of carbonyl (C=O) groups excluding carboxylic acids is 2. The second-order valence-corrected chi connectivity index (χ2v) is 14.7. The number of ether oxygens (including phenoxy) is 3. The van der Waals surface area contributed by atoms with Gasteiger partial charge in [-0.05, 0) is 24.3 Å². The molecule has 0 radical (unpaired) electrons. The minimum Gasteiger partial charge on any atom is -0.459 e. The standard InChI is InChI=1S/C28H27FN2O7Si/c1-39(2,3)15-14-20-16-31(28(35)30-24(20)32)25-22(29)23(38-27(34)19-12-8-5-9-13-19)21(37-25)17-36-26(33)18-10-6-4-7-11-18/h4-13,16,21-23,25H,17H2,1-3H3,(H,30,32,35)/t21-,22+,23-,25-/m0/s1. The van der Waals surface area contributed by atoms with Gasteiger partial charge in [-0.3, -0.25) is 14.3 Å². The molecule has 0 aliphatic carbocycles. The SMILES string of the molecule is C[Si](C)(C)C#Cc1cn([C@H]2O[C@@H](COC(=O)c3ccccc3)[C@H](OC(=O)c3ccccc3)[C@H]2F)c(=O)[nH]c1=O. The summed E-state index contributed by atoms with van der Waals surface area (Å²) in [5.41, 5.74) is 1.80. The lowest BCUT2D eigenvalue weighted by Crippen LogP contribution is -2.39. The van der Waals surface area contributed by atoms with Gasteiger partial charge in [-0.1, -0.05) is 62.0 Å². The summed E-state index contributed by atoms with van der Waals surface area (Å²) in [7, 11) is -1.87. The van der Waals surface area contributed by atoms with Crippen molar-refractivity contribution < 1.29 is 28.2 Å². The zero-order chi connectivity index (χ0) is 28.2. The highest BCUT2D eigenvalue weighted by atomic mass is 28.3. The van der Waals surface area contributed by atoms with Crippen molar-refractivity contribution in [3.8, 4) is 11.5 Å². The molecule has 3 aromatic rings. The van der Waals surface area contributed by atoms with Gasteiger partial charge >= 0.3 is 17.6 Å². The molecule has 39 heavy (non-hydrogen) atoms. The highest BCUT2D eigenvalue weighted by Gasteiger charge is 2.49. The number of halogens is 1. The maximum absolute atomic E-state index is 15.9. The van der Waals surface area contributed by atoms with Crippen LogP contribution in [0.5, 0.6) is 0 Å². The normalized spacial score (nSPS) is 20.5. The van der Waals surface area contributed by atoms with Crippen LogP contribution in [-0.2, 0) is 14.2 Å². The van der Waals surface area contributed by atoms with Gasteiger partial charge in [0, 0.05) is 6.20 Å². The summed E-state index contributed by atoms with van der Waals surface area (Å²) < 4.78 is 33.3. The van der Waals surface area contributed by atoms with E-state index in [2.05, 4.69) is 16.4 Å². The number of aromatic nitrogens is 2. The number of nitrogens with one attached hydrogen (secondary N) is 1. The minimum absolute atomic E-state index is 0.0374. The number of alkyl halides is 1. The Morgan fingerprint density at radius 3 is 2.18 bits per heavy atom. The van der Waals surface area contributed by atoms with E-state index in [9.17, 15) is 19.2 Å². The maximum Gasteiger partial charge on any atom is 0.338 e. The van der Waals surface area contributed by atoms with Crippen molar-refractivity contribution >= 4 is 20.0 Å². The van der Waals surface area contributed by atoms with Gasteiger partial charge in [-0.15, -0.1) is 5.54 Å². The van der Waals surface area contributed by atoms with Gasteiger partial charge in [-0.25, -0.2) is 18.8 Å². The molecule has 0 bridgehead atoms. The number of benzene rings is 2. The Hall–Kier alpha value is -4.27. The molecule has 11 heteroatoms. The molecular weight excluding hydrogens is 523 g/mol. The third kappa shape index (κ3) is 6.79. The molecule has 202 valence electrons. The summed E-state index contributed by atoms with van der Waals surface area (Å²) >= 11 is 0. The molecule has 2 aromatic carbocycles. The number of hydrogen-bond donors (Lipinski definition) is 1. The summed E-state index contributed by atoms with van der Waals surface area (Å²) in [6.07, 6.45) is -5.28. The molecule has 0 amide bonds. The van der Waals surface area contributed by atoms with Crippen LogP contribution in [0.2, 0.25) is 19.6 Å². The number of carbonyl (C=O) groups is 2. The molecule has 4 atom stereocenters. The zero-order valence-electron chi connectivity index (χ0n) is 21.6. The van der Waals surface area contributed by atoms with E-state index < -0.39 is 62.5 Å². The summed E-state index contributed by atoms with van der Waals surface area (Å²) in [6, 6.07) is 16.1. The van der Waals surface area contributed by atoms with Crippen LogP contribution in [0.4, 0.5) is 4.39 Å². The Kier molecular flexibility index (Phi) is 8.28. The van der Waals surface area contributed by atoms with Crippen molar-refractivity contribution in [2.75, 3.05) is 6.61 Å². The number of hydrogen-bond acceptors (Lipinski definition) is 7. The molecule has 2 heterocycles. The molecule has 1 saturated heterocycles. The molecule has 1 aliphatic rings. The summed E-state index contributed by atoms with van der Waals surface area (Å²) in [4.78, 5) is 52.4. The Morgan fingerprint density at radius 1 is 1.00 bits per heavy atom. The highest BCUT2D eigenvalue weighted by Crippen LogP contribution is 2.34. The molecule has 9 nitrogen and oxygen atoms in total. The van der Waals surface area contributed by atoms with Gasteiger partial charge in [0.25, 0.3) is 5.56 Å². The molecule has 1 aromatic heterocycles. The summed E-state index contributed by atoms with van der Waals surface area (Å²) in [5.74, 6) is 1.27. The van der Waals surface area contributed by atoms with Crippen molar-refractivity contribution in [3.05, 3.63) is 104 Å². The third-order valence-corrected chi connectivity index (χ3v) is 6.60. The Bertz CT molecular complexity index is 1520. The molecule has 1 N–H and O–H groups in total. The predicted octanol–water partition coefficient (Wildman–Crippen LogP) is 3.08. The lowest BCUT2D eigenvalue weighted by Gasteiger charge is -2.19. The van der Waals surface area contributed by atoms with E-state index in [0.717, 1.165) is 10.8 Å². The van der Waals surface area contributed by atoms with Crippen LogP contribution in [0.1, 0.15) is 32.5 Å². The molecule has 4 rings (SSSR count). The van der Waals surface area contributed by atoms with E-state index in [4.69, 9.17) is 14.2 Å². The quantitative estimate of drug-likeness (QED) is 0.285. The van der Waals surface area contributed by atoms with Crippen molar-refractivity contribution in [3.63, 3.8) is 0 Å². The Labute approximate surface area is 224 Å². The minimum atomic E-state index is -2.04. The topological polar surface area (TPSA) is 117 Å². The van der Waals surface area contributed by atoms with Gasteiger partial charge in [0.05, 0.1) is 11.1 Å². The predicted molar refractivity (Wildman–Crippen MR) is 143 cm³/mol. The average Bonchev–Trinajstić information content (AvgIpc) is 3.21. The molecule has 0 saturated carbocycles. The van der Waals surface area contributed by atoms with Crippen LogP contribution in [0.25, 0.3) is 0 Å². The fraction of sp³-hybridized carbons (Fsp3) is 0.286. The van der Waals surface area contributed by atoms with Crippen LogP contribution in [0.3, 0.4) is 0 Å². The first-order chi connectivity index (χ1) is 18.5. The number of aromatic amines is 1. The average molecular weight is 551 g/mol. The van der Waals surface area contributed by atoms with E-state index in [1.165, 1.54) is 12.1 Å². The molecule has 0 spiro atoms. The van der Waals surface area contributed by atoms with Crippen molar-refractivity contribution in [2.45, 2.75) is 44.2 Å². The molecule has 1 fully saturated rings. The second-order valence-electron chi connectivity index (χ2n) is 9.92. The van der Waals surface area contributed by atoms with Gasteiger partial charge in [0.2, 0.25) is 0 Å². The number of H-pyrrole nitrogens is 1. The monoisotopic (exact) mass is 550 g/mol. The van der Waals surface area contributed by atoms with E-state index in [-0.39, 0.29) is 16.7 Å². The van der Waals surface area contributed by atoms with Gasteiger partial charge in [0.1, 0.15) is 26.3 Å². The van der Waals surface area contributed by atoms with Gasteiger partial charge in [0.15, 0.2) is 18.5 Å². The van der Waals surface area contributed by atoms with Crippen LogP contribution < -0.4 is 11.2 Å². The van der Waals surface area contributed by atoms with Crippen molar-refractivity contribution in [1.82, 2.24) is 9.55 Å². The van der Waals surface area contributed by atoms with E-state index >= 15 is 4.39 Å². The first-order valence-corrected chi connectivity index (χ1v) is 15.7. The number of nitrogens with zero attached hydrogens (tertiary/aromatic N) is 1. The van der Waals surface area contributed by atoms with E-state index in [1.807, 2.05) is 19.6 Å². The van der Waals surface area contributed by atoms with Crippen LogP contribution in [-0.4, -0.2) is 54.6 Å². The van der Waals surface area contributed by atoms with Crippen molar-refractivity contribution in [2.24, 2.45) is 0 Å². The fourth-order valence-electron chi connectivity index (χ4n) is 3.79. The first kappa shape index (κ1) is 27.8. The van der Waals surface area contributed by atoms with Crippen LogP contribution >= 0.6 is 0 Å². The van der Waals surface area contributed by atoms with Gasteiger partial charge < -0.3 is 14.2 Å². The van der Waals surface area contributed by atoms with E-state index in [1.54, 1.807) is 48.5 Å². The zero-order valence-corrected chi connectivity index (χ0v) is 22.6. The molecule has 1 aliphatic heterocycles. The molecular formula is C28H27FN2O7Si. The second kappa shape index (κ2) is 11.6. The van der Waals surface area contributed by atoms with Crippen LogP contribution in [0, 0.1) is 11.5 Å². The van der Waals surface area contributed by atoms with Crippen molar-refractivity contribution in [1.29, 1.82) is 0 Å². The lowest BCUT2D eigenvalue weighted by molar-refractivity contribution is -0.0592. The highest BCUT2D eigenvalue weighted by molar-refractivity contribution is 6.83. The Morgan fingerprint density at radius 2 is 1.59 bits per heavy atom. The fourth-order valence-corrected chi connectivity index (χ4v) is 4.30. The lowest BCUT2D eigenvalue weighted by atomic mass is 10.1. The Balaban J connectivity index is 1.64. The summed E-state index contributed by atoms with van der Waals surface area (Å²) in [5, 5.41) is 0. The molecule has 0 unspecified atom stereocenters. The first-order valence-electron chi connectivity index (χ1n) is 12.2.